The van der Waals surface area contributed by atoms with Crippen molar-refractivity contribution < 1.29 is 24.9 Å². The van der Waals surface area contributed by atoms with Gasteiger partial charge in [-0.2, -0.15) is 0 Å². The van der Waals surface area contributed by atoms with Gasteiger partial charge in [0.1, 0.15) is 12.1 Å². The lowest BCUT2D eigenvalue weighted by Crippen LogP contribution is -2.38. The minimum Gasteiger partial charge on any atom is -0.483 e. The zero-order valence-electron chi connectivity index (χ0n) is 18.1. The van der Waals surface area contributed by atoms with Crippen LogP contribution in [0.3, 0.4) is 0 Å². The van der Waals surface area contributed by atoms with Gasteiger partial charge in [0, 0.05) is 23.5 Å². The summed E-state index contributed by atoms with van der Waals surface area (Å²) in [5.74, 6) is 0.581. The number of anilines is 1. The van der Waals surface area contributed by atoms with Crippen LogP contribution in [0.1, 0.15) is 36.0 Å². The number of amides is 1. The number of hydrogen-bond acceptors (Lipinski definition) is 7. The van der Waals surface area contributed by atoms with Crippen molar-refractivity contribution in [3.8, 4) is 11.1 Å². The van der Waals surface area contributed by atoms with Crippen molar-refractivity contribution in [2.24, 2.45) is 0 Å². The predicted molar refractivity (Wildman–Crippen MR) is 125 cm³/mol. The van der Waals surface area contributed by atoms with E-state index >= 15 is 0 Å². The maximum atomic E-state index is 12.7. The van der Waals surface area contributed by atoms with E-state index in [0.717, 1.165) is 47.7 Å². The summed E-state index contributed by atoms with van der Waals surface area (Å²) < 4.78 is 0. The second kappa shape index (κ2) is 11.9. The Morgan fingerprint density at radius 1 is 1.06 bits per heavy atom. The monoisotopic (exact) mass is 452 g/mol. The van der Waals surface area contributed by atoms with E-state index in [4.69, 9.17) is 15.0 Å². The molecule has 1 fully saturated rings. The van der Waals surface area contributed by atoms with E-state index < -0.39 is 0 Å². The Bertz CT molecular complexity index is 1080. The molecule has 0 unspecified atom stereocenters. The molecule has 1 heterocycles. The van der Waals surface area contributed by atoms with Gasteiger partial charge < -0.3 is 26.0 Å². The maximum Gasteiger partial charge on any atom is 0.290 e. The maximum absolute atomic E-state index is 12.7. The van der Waals surface area contributed by atoms with E-state index in [0.29, 0.717) is 17.9 Å². The molecule has 5 N–H and O–H groups in total. The van der Waals surface area contributed by atoms with E-state index in [-0.39, 0.29) is 31.1 Å². The molecule has 0 aliphatic heterocycles. The zero-order chi connectivity index (χ0) is 23.6. The van der Waals surface area contributed by atoms with Crippen molar-refractivity contribution in [1.29, 1.82) is 0 Å². The number of carbonyl (C=O) groups is 2. The summed E-state index contributed by atoms with van der Waals surface area (Å²) in [4.78, 5) is 29.7. The summed E-state index contributed by atoms with van der Waals surface area (Å²) >= 11 is 0. The first-order valence-electron chi connectivity index (χ1n) is 10.8. The lowest BCUT2D eigenvalue weighted by Gasteiger charge is -2.26. The normalized spacial score (nSPS) is 17.5. The van der Waals surface area contributed by atoms with Crippen molar-refractivity contribution >= 4 is 29.1 Å². The van der Waals surface area contributed by atoms with Crippen LogP contribution in [0.2, 0.25) is 0 Å². The number of nitrogens with zero attached hydrogens (tertiary/aromatic N) is 2. The fraction of sp³-hybridized carbons (Fsp3) is 0.333. The van der Waals surface area contributed by atoms with Crippen LogP contribution in [0.15, 0.2) is 48.8 Å². The summed E-state index contributed by atoms with van der Waals surface area (Å²) in [6, 6.07) is 13.6. The van der Waals surface area contributed by atoms with Crippen molar-refractivity contribution in [2.75, 3.05) is 18.5 Å². The summed E-state index contributed by atoms with van der Waals surface area (Å²) in [6.07, 6.45) is 4.34. The highest BCUT2D eigenvalue weighted by molar-refractivity contribution is 5.97. The number of aliphatic hydroxyl groups is 2. The van der Waals surface area contributed by atoms with Crippen molar-refractivity contribution in [3.63, 3.8) is 0 Å². The van der Waals surface area contributed by atoms with Gasteiger partial charge in [0.2, 0.25) is 0 Å². The van der Waals surface area contributed by atoms with Gasteiger partial charge in [0.05, 0.1) is 18.2 Å². The molecule has 1 saturated carbocycles. The van der Waals surface area contributed by atoms with E-state index in [1.807, 2.05) is 42.5 Å². The van der Waals surface area contributed by atoms with Crippen LogP contribution in [0, 0.1) is 0 Å². The number of carboxylic acid groups (broad SMARTS) is 1. The Labute approximate surface area is 191 Å². The Kier molecular flexibility index (Phi) is 8.68. The van der Waals surface area contributed by atoms with Crippen molar-refractivity contribution in [3.05, 3.63) is 54.4 Å². The van der Waals surface area contributed by atoms with Gasteiger partial charge in [0.25, 0.3) is 12.4 Å². The fourth-order valence-corrected chi connectivity index (χ4v) is 3.88. The minimum absolute atomic E-state index is 0.0162. The van der Waals surface area contributed by atoms with Crippen LogP contribution in [-0.4, -0.2) is 63.0 Å². The molecule has 1 aliphatic carbocycles. The highest BCUT2D eigenvalue weighted by Gasteiger charge is 2.21. The Balaban J connectivity index is 0.000000968. The first-order valence-corrected chi connectivity index (χ1v) is 10.8. The Morgan fingerprint density at radius 2 is 1.79 bits per heavy atom. The standard InChI is InChI=1S/C23H26N4O3.CH2O2/c28-11-10-24-22-20-13-16(4-9-21(20)25-14-26-22)15-2-1-3-17(12-15)23(30)27-18-5-7-19(29)8-6-18;2-1-3/h1-4,9,12-14,18-19,28-29H,5-8,10-11H2,(H,27,30)(H,24,25,26);1H,(H,2,3). The van der Waals surface area contributed by atoms with E-state index in [1.54, 1.807) is 0 Å². The third kappa shape index (κ3) is 6.47. The first-order chi connectivity index (χ1) is 16.0. The predicted octanol–water partition coefficient (Wildman–Crippen LogP) is 2.44. The molecule has 1 aliphatic rings. The number of benzene rings is 2. The second-order valence-corrected chi connectivity index (χ2v) is 7.77. The van der Waals surface area contributed by atoms with Crippen LogP contribution in [-0.2, 0) is 4.79 Å². The number of aliphatic hydroxyl groups excluding tert-OH is 2. The highest BCUT2D eigenvalue weighted by atomic mass is 16.3. The number of aromatic nitrogens is 2. The molecule has 0 saturated heterocycles. The lowest BCUT2D eigenvalue weighted by molar-refractivity contribution is -0.122. The molecule has 4 rings (SSSR count). The van der Waals surface area contributed by atoms with Crippen molar-refractivity contribution in [2.45, 2.75) is 37.8 Å². The zero-order valence-corrected chi connectivity index (χ0v) is 18.1. The summed E-state index contributed by atoms with van der Waals surface area (Å²) in [5, 5.41) is 32.7. The minimum atomic E-state index is -0.250. The molecule has 3 aromatic rings. The third-order valence-corrected chi connectivity index (χ3v) is 5.53. The number of nitrogens with one attached hydrogen (secondary N) is 2. The largest absolute Gasteiger partial charge is 0.483 e. The van der Waals surface area contributed by atoms with Gasteiger partial charge in [-0.1, -0.05) is 18.2 Å². The Morgan fingerprint density at radius 3 is 2.52 bits per heavy atom. The van der Waals surface area contributed by atoms with Gasteiger partial charge in [-0.15, -0.1) is 0 Å². The molecule has 0 spiro atoms. The number of hydrogen-bond donors (Lipinski definition) is 5. The summed E-state index contributed by atoms with van der Waals surface area (Å²) in [6.45, 7) is 0.173. The molecule has 0 radical (unpaired) electrons. The molecule has 0 atom stereocenters. The van der Waals surface area contributed by atoms with Gasteiger partial charge in [-0.05, 0) is 61.1 Å². The first kappa shape index (κ1) is 24.1. The van der Waals surface area contributed by atoms with Crippen LogP contribution < -0.4 is 10.6 Å². The van der Waals surface area contributed by atoms with Gasteiger partial charge >= 0.3 is 0 Å². The summed E-state index contributed by atoms with van der Waals surface area (Å²) in [7, 11) is 0. The average molecular weight is 453 g/mol. The molecule has 2 aromatic carbocycles. The second-order valence-electron chi connectivity index (χ2n) is 7.77. The van der Waals surface area contributed by atoms with Gasteiger partial charge in [-0.3, -0.25) is 9.59 Å². The van der Waals surface area contributed by atoms with Crippen molar-refractivity contribution in [1.82, 2.24) is 15.3 Å². The van der Waals surface area contributed by atoms with Crippen LogP contribution in [0.4, 0.5) is 5.82 Å². The quantitative estimate of drug-likeness (QED) is 0.359. The smallest absolute Gasteiger partial charge is 0.290 e. The van der Waals surface area contributed by atoms with E-state index in [9.17, 15) is 9.90 Å². The average Bonchev–Trinajstić information content (AvgIpc) is 2.84. The van der Waals surface area contributed by atoms with E-state index in [1.165, 1.54) is 6.33 Å². The molecule has 1 aromatic heterocycles. The third-order valence-electron chi connectivity index (χ3n) is 5.53. The number of carbonyl (C=O) groups excluding carboxylic acids is 1. The van der Waals surface area contributed by atoms with Gasteiger partial charge in [-0.25, -0.2) is 9.97 Å². The van der Waals surface area contributed by atoms with Crippen LogP contribution in [0.25, 0.3) is 22.0 Å². The molecule has 174 valence electrons. The van der Waals surface area contributed by atoms with Crippen LogP contribution >= 0.6 is 0 Å². The SMILES string of the molecule is O=C(NC1CCC(O)CC1)c1cccc(-c2ccc3ncnc(NCCO)c3c2)c1.O=CO. The molecule has 1 amide bonds. The number of fused-ring (bicyclic) bond motifs is 1. The van der Waals surface area contributed by atoms with E-state index in [2.05, 4.69) is 20.6 Å². The summed E-state index contributed by atoms with van der Waals surface area (Å²) in [5.41, 5.74) is 3.31. The lowest BCUT2D eigenvalue weighted by atomic mass is 9.93. The topological polar surface area (TPSA) is 145 Å². The molecule has 0 bridgehead atoms. The van der Waals surface area contributed by atoms with Crippen LogP contribution in [0.5, 0.6) is 0 Å². The molecular weight excluding hydrogens is 424 g/mol. The fourth-order valence-electron chi connectivity index (χ4n) is 3.88. The highest BCUT2D eigenvalue weighted by Crippen LogP contribution is 2.27. The molecule has 9 nitrogen and oxygen atoms in total. The number of rotatable bonds is 6. The molecular formula is C24H28N4O5. The van der Waals surface area contributed by atoms with Gasteiger partial charge in [0.15, 0.2) is 0 Å². The molecule has 33 heavy (non-hydrogen) atoms. The molecule has 9 heteroatoms. The Hall–Kier alpha value is -3.56.